The van der Waals surface area contributed by atoms with E-state index in [1.165, 1.54) is 0 Å². The fourth-order valence-corrected chi connectivity index (χ4v) is 5.12. The van der Waals surface area contributed by atoms with Crippen LogP contribution in [0.1, 0.15) is 61.3 Å². The first-order valence-electron chi connectivity index (χ1n) is 14.2. The highest BCUT2D eigenvalue weighted by molar-refractivity contribution is 5.90. The molecule has 0 heterocycles. The average Bonchev–Trinajstić information content (AvgIpc) is 2.90. The quantitative estimate of drug-likeness (QED) is 0.139. The Morgan fingerprint density at radius 3 is 1.90 bits per heavy atom. The topological polar surface area (TPSA) is 152 Å². The van der Waals surface area contributed by atoms with Crippen molar-refractivity contribution in [3.63, 3.8) is 0 Å². The summed E-state index contributed by atoms with van der Waals surface area (Å²) in [7, 11) is 5.00. The average molecular weight is 574 g/mol. The molecule has 40 heavy (non-hydrogen) atoms. The molecule has 0 aliphatic rings. The van der Waals surface area contributed by atoms with Gasteiger partial charge in [0.25, 0.3) is 0 Å². The standard InChI is InChI=1S/C29H55N3O8/c1-12-19(8)25(22(13-2)39-11)32(10)29(38)23(17(4)5)30-28(37)24(18(6)7)31(9)15-20(33)26(35)27(36)21(34)16-40-14-3/h3,17-27,33-36H,12-13,15-16H2,1-2,4-11H3,(H,30,37). The van der Waals surface area contributed by atoms with Gasteiger partial charge in [0, 0.05) is 20.7 Å². The summed E-state index contributed by atoms with van der Waals surface area (Å²) in [6.07, 6.45) is 1.80. The van der Waals surface area contributed by atoms with E-state index in [-0.39, 0.29) is 42.4 Å². The molecular formula is C29H55N3O8. The van der Waals surface area contributed by atoms with Gasteiger partial charge in [-0.25, -0.2) is 0 Å². The number of methoxy groups -OCH3 is 1. The zero-order chi connectivity index (χ0) is 31.3. The van der Waals surface area contributed by atoms with Gasteiger partial charge in [-0.3, -0.25) is 14.5 Å². The number of carbonyl (C=O) groups excluding carboxylic acids is 2. The lowest BCUT2D eigenvalue weighted by Gasteiger charge is -2.40. The van der Waals surface area contributed by atoms with Gasteiger partial charge in [-0.1, -0.05) is 61.3 Å². The molecule has 5 N–H and O–H groups in total. The summed E-state index contributed by atoms with van der Waals surface area (Å²) in [5.41, 5.74) is 0. The van der Waals surface area contributed by atoms with Crippen molar-refractivity contribution in [3.8, 4) is 12.5 Å². The molecule has 2 amide bonds. The number of likely N-dealkylation sites (N-methyl/N-ethyl adjacent to an activating group) is 2. The molecule has 11 heteroatoms. The summed E-state index contributed by atoms with van der Waals surface area (Å²) < 4.78 is 10.3. The van der Waals surface area contributed by atoms with Crippen LogP contribution in [0.3, 0.4) is 0 Å². The Morgan fingerprint density at radius 2 is 1.48 bits per heavy atom. The second kappa shape index (κ2) is 18.5. The number of aliphatic hydroxyl groups is 4. The molecule has 0 aliphatic heterocycles. The number of rotatable bonds is 19. The fourth-order valence-electron chi connectivity index (χ4n) is 5.12. The number of hydrogen-bond donors (Lipinski definition) is 5. The maximum Gasteiger partial charge on any atom is 0.245 e. The summed E-state index contributed by atoms with van der Waals surface area (Å²) in [5.74, 6) is -0.860. The Labute approximate surface area is 241 Å². The Balaban J connectivity index is 5.77. The first-order valence-corrected chi connectivity index (χ1v) is 14.2. The van der Waals surface area contributed by atoms with Crippen LogP contribution in [0.5, 0.6) is 0 Å². The third-order valence-electron chi connectivity index (χ3n) is 7.66. The van der Waals surface area contributed by atoms with Crippen LogP contribution >= 0.6 is 0 Å². The van der Waals surface area contributed by atoms with Crippen molar-refractivity contribution in [2.45, 2.75) is 110 Å². The lowest BCUT2D eigenvalue weighted by molar-refractivity contribution is -0.144. The maximum atomic E-state index is 13.8. The minimum atomic E-state index is -1.72. The molecule has 0 radical (unpaired) electrons. The third-order valence-corrected chi connectivity index (χ3v) is 7.66. The highest BCUT2D eigenvalue weighted by Gasteiger charge is 2.39. The van der Waals surface area contributed by atoms with Crippen LogP contribution in [0.15, 0.2) is 0 Å². The summed E-state index contributed by atoms with van der Waals surface area (Å²) in [5, 5.41) is 44.0. The Kier molecular flexibility index (Phi) is 17.6. The van der Waals surface area contributed by atoms with Gasteiger partial charge < -0.3 is 40.1 Å². The molecular weight excluding hydrogens is 518 g/mol. The van der Waals surface area contributed by atoms with Crippen molar-refractivity contribution in [3.05, 3.63) is 0 Å². The minimum absolute atomic E-state index is 0.151. The van der Waals surface area contributed by atoms with Crippen LogP contribution in [-0.4, -0.2) is 125 Å². The van der Waals surface area contributed by atoms with Gasteiger partial charge in [0.15, 0.2) is 0 Å². The molecule has 0 fully saturated rings. The van der Waals surface area contributed by atoms with E-state index in [1.807, 2.05) is 40.7 Å². The van der Waals surface area contributed by atoms with E-state index in [0.717, 1.165) is 12.8 Å². The molecule has 0 aromatic rings. The Bertz CT molecular complexity index is 786. The predicted molar refractivity (Wildman–Crippen MR) is 154 cm³/mol. The third kappa shape index (κ3) is 10.8. The van der Waals surface area contributed by atoms with Gasteiger partial charge in [-0.2, -0.15) is 0 Å². The fraction of sp³-hybridized carbons (Fsp3) is 0.862. The first kappa shape index (κ1) is 38.1. The van der Waals surface area contributed by atoms with E-state index < -0.39 is 49.0 Å². The van der Waals surface area contributed by atoms with Crippen LogP contribution < -0.4 is 5.32 Å². The molecule has 0 aromatic carbocycles. The smallest absolute Gasteiger partial charge is 0.245 e. The number of amides is 2. The minimum Gasteiger partial charge on any atom is -0.444 e. The molecule has 9 atom stereocenters. The predicted octanol–water partition coefficient (Wildman–Crippen LogP) is 0.433. The molecule has 0 aromatic heterocycles. The summed E-state index contributed by atoms with van der Waals surface area (Å²) in [4.78, 5) is 30.6. The monoisotopic (exact) mass is 573 g/mol. The van der Waals surface area contributed by atoms with Crippen LogP contribution in [0.2, 0.25) is 0 Å². The number of carbonyl (C=O) groups is 2. The zero-order valence-electron chi connectivity index (χ0n) is 26.1. The van der Waals surface area contributed by atoms with Crippen LogP contribution in [0.25, 0.3) is 0 Å². The van der Waals surface area contributed by atoms with Gasteiger partial charge in [0.05, 0.1) is 24.3 Å². The van der Waals surface area contributed by atoms with Crippen molar-refractivity contribution in [1.29, 1.82) is 0 Å². The highest BCUT2D eigenvalue weighted by Crippen LogP contribution is 2.23. The number of nitrogens with zero attached hydrogens (tertiary/aromatic N) is 2. The summed E-state index contributed by atoms with van der Waals surface area (Å²) >= 11 is 0. The number of terminal acetylenes is 1. The zero-order valence-corrected chi connectivity index (χ0v) is 26.1. The molecule has 0 saturated carbocycles. The van der Waals surface area contributed by atoms with Gasteiger partial charge in [-0.05, 0) is 31.2 Å². The van der Waals surface area contributed by atoms with E-state index in [2.05, 4.69) is 23.9 Å². The van der Waals surface area contributed by atoms with Crippen LogP contribution in [-0.2, 0) is 19.1 Å². The van der Waals surface area contributed by atoms with Crippen LogP contribution in [0, 0.1) is 30.3 Å². The summed E-state index contributed by atoms with van der Waals surface area (Å²) in [6.45, 7) is 13.0. The number of hydrogen-bond acceptors (Lipinski definition) is 9. The number of nitrogens with one attached hydrogen (secondary N) is 1. The maximum absolute atomic E-state index is 13.8. The van der Waals surface area contributed by atoms with Gasteiger partial charge in [-0.15, -0.1) is 0 Å². The van der Waals surface area contributed by atoms with E-state index >= 15 is 0 Å². The molecule has 0 saturated heterocycles. The number of ether oxygens (including phenoxy) is 2. The number of aliphatic hydroxyl groups excluding tert-OH is 4. The Hall–Kier alpha value is -1.94. The van der Waals surface area contributed by atoms with Crippen molar-refractivity contribution >= 4 is 11.8 Å². The molecule has 234 valence electrons. The molecule has 11 nitrogen and oxygen atoms in total. The van der Waals surface area contributed by atoms with Crippen LogP contribution in [0.4, 0.5) is 0 Å². The molecule has 9 unspecified atom stereocenters. The summed E-state index contributed by atoms with van der Waals surface area (Å²) in [6, 6.07) is -1.73. The first-order chi connectivity index (χ1) is 18.6. The normalized spacial score (nSPS) is 18.7. The van der Waals surface area contributed by atoms with Gasteiger partial charge in [0.2, 0.25) is 11.8 Å². The van der Waals surface area contributed by atoms with Crippen molar-refractivity contribution in [1.82, 2.24) is 15.1 Å². The molecule has 0 rings (SSSR count). The molecule has 0 bridgehead atoms. The lowest BCUT2D eigenvalue weighted by Crippen LogP contribution is -2.60. The van der Waals surface area contributed by atoms with E-state index in [1.54, 1.807) is 31.0 Å². The molecule has 0 spiro atoms. The largest absolute Gasteiger partial charge is 0.444 e. The highest BCUT2D eigenvalue weighted by atomic mass is 16.5. The van der Waals surface area contributed by atoms with Gasteiger partial charge >= 0.3 is 0 Å². The second-order valence-corrected chi connectivity index (χ2v) is 11.4. The van der Waals surface area contributed by atoms with E-state index in [0.29, 0.717) is 0 Å². The van der Waals surface area contributed by atoms with Gasteiger partial charge in [0.1, 0.15) is 37.1 Å². The van der Waals surface area contributed by atoms with E-state index in [4.69, 9.17) is 11.2 Å². The Morgan fingerprint density at radius 1 is 0.925 bits per heavy atom. The lowest BCUT2D eigenvalue weighted by atomic mass is 9.90. The van der Waals surface area contributed by atoms with Crippen molar-refractivity contribution in [2.75, 3.05) is 34.4 Å². The van der Waals surface area contributed by atoms with Crippen molar-refractivity contribution in [2.24, 2.45) is 17.8 Å². The van der Waals surface area contributed by atoms with E-state index in [9.17, 15) is 30.0 Å². The second-order valence-electron chi connectivity index (χ2n) is 11.4. The van der Waals surface area contributed by atoms with Crippen molar-refractivity contribution < 1.29 is 39.5 Å². The molecule has 0 aliphatic carbocycles. The SMILES string of the molecule is C#COCC(O)C(O)C(O)C(O)CN(C)C(C(=O)NC(C(=O)N(C)C(C(C)CC)C(CC)OC)C(C)C)C(C)C.